The Labute approximate surface area is 184 Å². The summed E-state index contributed by atoms with van der Waals surface area (Å²) >= 11 is 0. The van der Waals surface area contributed by atoms with Gasteiger partial charge in [0.05, 0.1) is 6.10 Å². The first kappa shape index (κ1) is 22.9. The van der Waals surface area contributed by atoms with Crippen LogP contribution < -0.4 is 0 Å². The van der Waals surface area contributed by atoms with Gasteiger partial charge in [-0.15, -0.1) is 0 Å². The van der Waals surface area contributed by atoms with E-state index in [2.05, 4.69) is 4.98 Å². The number of carboxylic acid groups (broad SMARTS) is 2. The van der Waals surface area contributed by atoms with Crippen LogP contribution in [0.25, 0.3) is 11.1 Å². The molecule has 0 bridgehead atoms. The lowest BCUT2D eigenvalue weighted by molar-refractivity contribution is -0.131. The molecule has 1 atom stereocenters. The Kier molecular flexibility index (Phi) is 6.85. The normalized spacial score (nSPS) is 11.8. The number of Topliss-reactive ketones (excluding diaryl/α,β-unsaturated/α-hetero) is 1. The van der Waals surface area contributed by atoms with E-state index in [0.717, 1.165) is 12.0 Å². The molecular weight excluding hydrogens is 412 g/mol. The van der Waals surface area contributed by atoms with Crippen molar-refractivity contribution in [2.45, 2.75) is 39.3 Å². The number of hydrogen-bond donors (Lipinski definition) is 3. The lowest BCUT2D eigenvalue weighted by Gasteiger charge is -2.12. The number of aryl methyl sites for hydroxylation is 1. The van der Waals surface area contributed by atoms with Crippen LogP contribution in [0, 0.1) is 0 Å². The highest BCUT2D eigenvalue weighted by Crippen LogP contribution is 2.26. The number of imidazole rings is 1. The molecule has 0 saturated carbocycles. The van der Waals surface area contributed by atoms with Crippen molar-refractivity contribution in [2.24, 2.45) is 0 Å². The van der Waals surface area contributed by atoms with Gasteiger partial charge in [0.2, 0.25) is 0 Å². The number of aliphatic hydroxyl groups excluding tert-OH is 1. The van der Waals surface area contributed by atoms with E-state index in [4.69, 9.17) is 5.11 Å². The summed E-state index contributed by atoms with van der Waals surface area (Å²) in [5.74, 6) is -3.08. The molecule has 8 heteroatoms. The van der Waals surface area contributed by atoms with E-state index in [1.165, 1.54) is 13.0 Å². The van der Waals surface area contributed by atoms with Crippen molar-refractivity contribution in [3.8, 4) is 11.1 Å². The first-order valence-corrected chi connectivity index (χ1v) is 10.2. The molecule has 0 aliphatic rings. The molecule has 0 fully saturated rings. The number of nitrogens with zero attached hydrogens (tertiary/aromatic N) is 2. The van der Waals surface area contributed by atoms with Crippen LogP contribution >= 0.6 is 0 Å². The first-order valence-electron chi connectivity index (χ1n) is 10.2. The molecule has 8 nitrogen and oxygen atoms in total. The van der Waals surface area contributed by atoms with E-state index >= 15 is 0 Å². The van der Waals surface area contributed by atoms with Gasteiger partial charge in [-0.25, -0.2) is 14.6 Å². The fraction of sp³-hybridized carbons (Fsp3) is 0.250. The number of hydrogen-bond acceptors (Lipinski definition) is 5. The number of aliphatic carboxylic acids is 1. The van der Waals surface area contributed by atoms with Crippen molar-refractivity contribution in [3.63, 3.8) is 0 Å². The zero-order valence-corrected chi connectivity index (χ0v) is 17.8. The van der Waals surface area contributed by atoms with E-state index in [1.807, 2.05) is 6.92 Å². The molecule has 0 amide bonds. The highest BCUT2D eigenvalue weighted by atomic mass is 16.4. The molecule has 2 aromatic carbocycles. The van der Waals surface area contributed by atoms with Crippen LogP contribution in [0.1, 0.15) is 64.3 Å². The van der Waals surface area contributed by atoms with Crippen LogP contribution in [0.3, 0.4) is 0 Å². The molecule has 0 aliphatic carbocycles. The van der Waals surface area contributed by atoms with E-state index < -0.39 is 23.8 Å². The Morgan fingerprint density at radius 2 is 1.69 bits per heavy atom. The van der Waals surface area contributed by atoms with Crippen molar-refractivity contribution in [1.29, 1.82) is 0 Å². The quantitative estimate of drug-likeness (QED) is 0.345. The molecular formula is C24H24N2O6. The van der Waals surface area contributed by atoms with Crippen LogP contribution in [-0.2, 0) is 17.8 Å². The van der Waals surface area contributed by atoms with Gasteiger partial charge in [0.15, 0.2) is 5.69 Å². The molecule has 0 aliphatic heterocycles. The van der Waals surface area contributed by atoms with E-state index in [-0.39, 0.29) is 23.5 Å². The van der Waals surface area contributed by atoms with Crippen LogP contribution in [0.15, 0.2) is 48.5 Å². The Bertz CT molecular complexity index is 1160. The smallest absolute Gasteiger partial charge is 0.377 e. The number of benzene rings is 2. The molecule has 3 N–H and O–H groups in total. The molecule has 166 valence electrons. The molecule has 3 aromatic rings. The lowest BCUT2D eigenvalue weighted by atomic mass is 9.96. The summed E-state index contributed by atoms with van der Waals surface area (Å²) < 4.78 is 1.60. The monoisotopic (exact) mass is 436 g/mol. The number of carbonyl (C=O) groups is 3. The molecule has 0 radical (unpaired) electrons. The van der Waals surface area contributed by atoms with Gasteiger partial charge in [0.1, 0.15) is 11.5 Å². The average molecular weight is 436 g/mol. The summed E-state index contributed by atoms with van der Waals surface area (Å²) in [5.41, 5.74) is 2.17. The summed E-state index contributed by atoms with van der Waals surface area (Å²) in [6.07, 6.45) is 0.321. The second-order valence-corrected chi connectivity index (χ2v) is 7.46. The highest BCUT2D eigenvalue weighted by molar-refractivity contribution is 6.41. The van der Waals surface area contributed by atoms with Crippen LogP contribution in [-0.4, -0.2) is 42.6 Å². The average Bonchev–Trinajstić information content (AvgIpc) is 3.12. The van der Waals surface area contributed by atoms with Crippen molar-refractivity contribution >= 4 is 17.7 Å². The number of aliphatic hydroxyl groups is 1. The summed E-state index contributed by atoms with van der Waals surface area (Å²) in [7, 11) is 0. The Morgan fingerprint density at radius 1 is 1.03 bits per heavy atom. The summed E-state index contributed by atoms with van der Waals surface area (Å²) in [4.78, 5) is 39.4. The third-order valence-corrected chi connectivity index (χ3v) is 5.12. The van der Waals surface area contributed by atoms with Gasteiger partial charge in [-0.05, 0) is 30.0 Å². The maximum Gasteiger partial charge on any atom is 0.377 e. The summed E-state index contributed by atoms with van der Waals surface area (Å²) in [5, 5.41) is 28.8. The number of aromatic nitrogens is 2. The number of aromatic carboxylic acids is 1. The summed E-state index contributed by atoms with van der Waals surface area (Å²) in [6.45, 7) is 3.69. The predicted octanol–water partition coefficient (Wildman–Crippen LogP) is 3.57. The van der Waals surface area contributed by atoms with Crippen molar-refractivity contribution in [2.75, 3.05) is 0 Å². The maximum absolute atomic E-state index is 12.0. The first-order chi connectivity index (χ1) is 15.2. The van der Waals surface area contributed by atoms with Crippen molar-refractivity contribution < 1.29 is 29.7 Å². The van der Waals surface area contributed by atoms with Gasteiger partial charge in [-0.2, -0.15) is 0 Å². The van der Waals surface area contributed by atoms with Crippen molar-refractivity contribution in [3.05, 3.63) is 76.9 Å². The fourth-order valence-electron chi connectivity index (χ4n) is 3.64. The molecule has 0 unspecified atom stereocenters. The van der Waals surface area contributed by atoms with Gasteiger partial charge in [-0.3, -0.25) is 4.79 Å². The Hall–Kier alpha value is -3.78. The molecule has 0 saturated heterocycles. The van der Waals surface area contributed by atoms with Gasteiger partial charge < -0.3 is 19.9 Å². The summed E-state index contributed by atoms with van der Waals surface area (Å²) in [6, 6.07) is 13.6. The second-order valence-electron chi connectivity index (χ2n) is 7.46. The van der Waals surface area contributed by atoms with Gasteiger partial charge >= 0.3 is 11.9 Å². The topological polar surface area (TPSA) is 130 Å². The van der Waals surface area contributed by atoms with E-state index in [1.54, 1.807) is 47.0 Å². The zero-order chi connectivity index (χ0) is 23.4. The largest absolute Gasteiger partial charge is 0.477 e. The third-order valence-electron chi connectivity index (χ3n) is 5.12. The molecule has 32 heavy (non-hydrogen) atoms. The predicted molar refractivity (Wildman–Crippen MR) is 117 cm³/mol. The maximum atomic E-state index is 12.0. The highest BCUT2D eigenvalue weighted by Gasteiger charge is 2.25. The van der Waals surface area contributed by atoms with E-state index in [0.29, 0.717) is 23.4 Å². The molecule has 1 heterocycles. The number of ketones is 1. The van der Waals surface area contributed by atoms with Gasteiger partial charge in [-0.1, -0.05) is 55.5 Å². The molecule has 0 spiro atoms. The minimum atomic E-state index is -1.52. The molecule has 1 aromatic heterocycles. The minimum Gasteiger partial charge on any atom is -0.477 e. The van der Waals surface area contributed by atoms with E-state index in [9.17, 15) is 24.6 Å². The fourth-order valence-corrected chi connectivity index (χ4v) is 3.64. The molecule has 3 rings (SSSR count). The minimum absolute atomic E-state index is 0.0371. The van der Waals surface area contributed by atoms with Crippen LogP contribution in [0.2, 0.25) is 0 Å². The number of rotatable bonds is 9. The third kappa shape index (κ3) is 4.60. The number of carboxylic acids is 2. The Balaban J connectivity index is 1.98. The van der Waals surface area contributed by atoms with Gasteiger partial charge in [0, 0.05) is 18.5 Å². The standard InChI is InChI=1S/C24H24N2O6/c1-3-6-19-25-20(14(2)27)21(23(29)30)26(19)13-15-9-11-16(12-10-15)17-7-4-5-8-18(17)22(28)24(31)32/h4-5,7-12,14,27H,3,6,13H2,1-2H3,(H,29,30)(H,31,32)/t14-/m1/s1. The van der Waals surface area contributed by atoms with Gasteiger partial charge in [0.25, 0.3) is 5.78 Å². The SMILES string of the molecule is CCCc1nc([C@@H](C)O)c(C(=O)O)n1Cc1ccc(-c2ccccc2C(=O)C(=O)O)cc1. The lowest BCUT2D eigenvalue weighted by Crippen LogP contribution is -2.14. The Morgan fingerprint density at radius 3 is 2.25 bits per heavy atom. The van der Waals surface area contributed by atoms with Crippen LogP contribution in [0.4, 0.5) is 0 Å². The second kappa shape index (κ2) is 9.57. The zero-order valence-electron chi connectivity index (χ0n) is 17.8. The number of carbonyl (C=O) groups excluding carboxylic acids is 1. The van der Waals surface area contributed by atoms with Crippen molar-refractivity contribution in [1.82, 2.24) is 9.55 Å². The van der Waals surface area contributed by atoms with Crippen LogP contribution in [0.5, 0.6) is 0 Å².